The predicted octanol–water partition coefficient (Wildman–Crippen LogP) is 4.50. The highest BCUT2D eigenvalue weighted by molar-refractivity contribution is 7.18. The number of fused-ring (bicyclic) bond motifs is 1. The molecule has 5 nitrogen and oxygen atoms in total. The molecule has 136 valence electrons. The number of para-hydroxylation sites is 1. The monoisotopic (exact) mass is 376 g/mol. The highest BCUT2D eigenvalue weighted by atomic mass is 32.1. The fraction of sp³-hybridized carbons (Fsp3) is 0.190. The average molecular weight is 376 g/mol. The number of hydrogen-bond acceptors (Lipinski definition) is 4. The lowest BCUT2D eigenvalue weighted by atomic mass is 10.2. The van der Waals surface area contributed by atoms with E-state index in [2.05, 4.69) is 21.5 Å². The van der Waals surface area contributed by atoms with E-state index in [-0.39, 0.29) is 5.91 Å². The van der Waals surface area contributed by atoms with Gasteiger partial charge >= 0.3 is 0 Å². The smallest absolute Gasteiger partial charge is 0.224 e. The quantitative estimate of drug-likeness (QED) is 0.516. The molecule has 6 heteroatoms. The zero-order valence-corrected chi connectivity index (χ0v) is 15.7. The van der Waals surface area contributed by atoms with Gasteiger partial charge in [-0.1, -0.05) is 24.3 Å². The molecule has 2 heterocycles. The molecule has 27 heavy (non-hydrogen) atoms. The first-order chi connectivity index (χ1) is 13.3. The Morgan fingerprint density at radius 3 is 2.70 bits per heavy atom. The lowest BCUT2D eigenvalue weighted by molar-refractivity contribution is -0.116. The van der Waals surface area contributed by atoms with Crippen LogP contribution in [0.4, 0.5) is 5.69 Å². The molecule has 1 N–H and O–H groups in total. The molecule has 4 aromatic rings. The van der Waals surface area contributed by atoms with Crippen molar-refractivity contribution in [2.24, 2.45) is 0 Å². The van der Waals surface area contributed by atoms with Gasteiger partial charge < -0.3 is 5.32 Å². The predicted molar refractivity (Wildman–Crippen MR) is 109 cm³/mol. The van der Waals surface area contributed by atoms with Crippen molar-refractivity contribution in [3.05, 3.63) is 77.6 Å². The maximum atomic E-state index is 12.2. The summed E-state index contributed by atoms with van der Waals surface area (Å²) in [6, 6.07) is 17.9. The zero-order valence-electron chi connectivity index (χ0n) is 14.8. The van der Waals surface area contributed by atoms with Crippen LogP contribution in [0.3, 0.4) is 0 Å². The Bertz CT molecular complexity index is 989. The molecular weight excluding hydrogens is 356 g/mol. The fourth-order valence-corrected chi connectivity index (χ4v) is 3.93. The molecule has 1 amide bonds. The number of nitrogens with one attached hydrogen (secondary N) is 1. The van der Waals surface area contributed by atoms with Gasteiger partial charge in [0.1, 0.15) is 0 Å². The van der Waals surface area contributed by atoms with E-state index in [1.165, 1.54) is 4.70 Å². The Morgan fingerprint density at radius 1 is 1.07 bits per heavy atom. The van der Waals surface area contributed by atoms with Crippen molar-refractivity contribution < 1.29 is 4.79 Å². The Morgan fingerprint density at radius 2 is 1.93 bits per heavy atom. The second-order valence-electron chi connectivity index (χ2n) is 6.38. The number of carbonyl (C=O) groups is 1. The van der Waals surface area contributed by atoms with Crippen LogP contribution in [0.25, 0.3) is 10.2 Å². The molecule has 0 bridgehead atoms. The van der Waals surface area contributed by atoms with Crippen LogP contribution in [0.2, 0.25) is 0 Å². The summed E-state index contributed by atoms with van der Waals surface area (Å²) >= 11 is 1.71. The Kier molecular flexibility index (Phi) is 5.25. The van der Waals surface area contributed by atoms with Crippen LogP contribution >= 0.6 is 11.3 Å². The van der Waals surface area contributed by atoms with Crippen molar-refractivity contribution in [1.82, 2.24) is 14.8 Å². The maximum Gasteiger partial charge on any atom is 0.224 e. The zero-order chi connectivity index (χ0) is 18.5. The number of amides is 1. The second kappa shape index (κ2) is 8.14. The number of anilines is 1. The van der Waals surface area contributed by atoms with E-state index in [0.29, 0.717) is 6.42 Å². The van der Waals surface area contributed by atoms with E-state index < -0.39 is 0 Å². The van der Waals surface area contributed by atoms with Gasteiger partial charge in [-0.2, -0.15) is 5.10 Å². The second-order valence-corrected chi connectivity index (χ2v) is 7.49. The largest absolute Gasteiger partial charge is 0.326 e. The van der Waals surface area contributed by atoms with Crippen molar-refractivity contribution in [1.29, 1.82) is 0 Å². The van der Waals surface area contributed by atoms with E-state index in [0.717, 1.165) is 41.2 Å². The standard InChI is InChI=1S/C21H20N4OS/c26-20(7-3-8-21-24-18-5-1-2-6-19(18)27-21)23-17-11-9-16(10-12-17)15-25-14-4-13-22-25/h1-2,4-6,9-14H,3,7-8,15H2,(H,23,26). The van der Waals surface area contributed by atoms with E-state index in [9.17, 15) is 4.79 Å². The molecular formula is C21H20N4OS. The summed E-state index contributed by atoms with van der Waals surface area (Å²) in [4.78, 5) is 16.8. The number of thiazole rings is 1. The molecule has 0 atom stereocenters. The summed E-state index contributed by atoms with van der Waals surface area (Å²) in [6.07, 6.45) is 5.81. The summed E-state index contributed by atoms with van der Waals surface area (Å²) < 4.78 is 3.07. The first-order valence-electron chi connectivity index (χ1n) is 8.97. The van der Waals surface area contributed by atoms with Crippen molar-refractivity contribution in [2.75, 3.05) is 5.32 Å². The van der Waals surface area contributed by atoms with Crippen LogP contribution in [0.15, 0.2) is 67.0 Å². The molecule has 0 aliphatic heterocycles. The number of aromatic nitrogens is 3. The fourth-order valence-electron chi connectivity index (χ4n) is 2.93. The van der Waals surface area contributed by atoms with Crippen LogP contribution < -0.4 is 5.32 Å². The Labute approximate surface area is 161 Å². The minimum absolute atomic E-state index is 0.0379. The molecule has 2 aromatic heterocycles. The molecule has 0 saturated carbocycles. The minimum atomic E-state index is 0.0379. The maximum absolute atomic E-state index is 12.2. The van der Waals surface area contributed by atoms with Gasteiger partial charge in [0.15, 0.2) is 0 Å². The van der Waals surface area contributed by atoms with Gasteiger partial charge in [-0.05, 0) is 48.7 Å². The number of benzene rings is 2. The van der Waals surface area contributed by atoms with E-state index in [1.807, 2.05) is 59.4 Å². The van der Waals surface area contributed by atoms with Crippen LogP contribution in [0.5, 0.6) is 0 Å². The highest BCUT2D eigenvalue weighted by Gasteiger charge is 2.06. The molecule has 0 fully saturated rings. The molecule has 0 saturated heterocycles. The molecule has 0 aliphatic carbocycles. The number of hydrogen-bond donors (Lipinski definition) is 1. The lowest BCUT2D eigenvalue weighted by Gasteiger charge is -2.07. The van der Waals surface area contributed by atoms with Gasteiger partial charge in [-0.25, -0.2) is 4.98 Å². The summed E-state index contributed by atoms with van der Waals surface area (Å²) in [5.41, 5.74) is 3.01. The summed E-state index contributed by atoms with van der Waals surface area (Å²) in [6.45, 7) is 0.726. The van der Waals surface area contributed by atoms with Crippen LogP contribution in [-0.2, 0) is 17.8 Å². The van der Waals surface area contributed by atoms with Crippen molar-refractivity contribution in [2.45, 2.75) is 25.8 Å². The number of carbonyl (C=O) groups excluding carboxylic acids is 1. The van der Waals surface area contributed by atoms with Gasteiger partial charge in [0, 0.05) is 24.5 Å². The normalized spacial score (nSPS) is 11.0. The summed E-state index contributed by atoms with van der Waals surface area (Å²) in [5.74, 6) is 0.0379. The van der Waals surface area contributed by atoms with Crippen molar-refractivity contribution >= 4 is 33.1 Å². The molecule has 0 aliphatic rings. The third kappa shape index (κ3) is 4.60. The average Bonchev–Trinajstić information content (AvgIpc) is 3.32. The Hall–Kier alpha value is -2.99. The molecule has 2 aromatic carbocycles. The summed E-state index contributed by atoms with van der Waals surface area (Å²) in [5, 5.41) is 8.25. The van der Waals surface area contributed by atoms with E-state index >= 15 is 0 Å². The first kappa shape index (κ1) is 17.4. The molecule has 0 radical (unpaired) electrons. The van der Waals surface area contributed by atoms with Gasteiger partial charge in [-0.15, -0.1) is 11.3 Å². The molecule has 0 spiro atoms. The first-order valence-corrected chi connectivity index (χ1v) is 9.78. The van der Waals surface area contributed by atoms with Gasteiger partial charge in [0.2, 0.25) is 5.91 Å². The van der Waals surface area contributed by atoms with E-state index in [4.69, 9.17) is 0 Å². The lowest BCUT2D eigenvalue weighted by Crippen LogP contribution is -2.11. The SMILES string of the molecule is O=C(CCCc1nc2ccccc2s1)Nc1ccc(Cn2cccn2)cc1. The van der Waals surface area contributed by atoms with Crippen LogP contribution in [0.1, 0.15) is 23.4 Å². The van der Waals surface area contributed by atoms with Gasteiger partial charge in [-0.3, -0.25) is 9.48 Å². The minimum Gasteiger partial charge on any atom is -0.326 e. The van der Waals surface area contributed by atoms with Gasteiger partial charge in [0.25, 0.3) is 0 Å². The Balaban J connectivity index is 1.25. The summed E-state index contributed by atoms with van der Waals surface area (Å²) in [7, 11) is 0. The van der Waals surface area contributed by atoms with Gasteiger partial charge in [0.05, 0.1) is 21.8 Å². The van der Waals surface area contributed by atoms with E-state index in [1.54, 1.807) is 17.5 Å². The number of aryl methyl sites for hydroxylation is 1. The van der Waals surface area contributed by atoms with Crippen molar-refractivity contribution in [3.63, 3.8) is 0 Å². The third-order valence-electron chi connectivity index (χ3n) is 4.27. The highest BCUT2D eigenvalue weighted by Crippen LogP contribution is 2.22. The van der Waals surface area contributed by atoms with Crippen molar-refractivity contribution in [3.8, 4) is 0 Å². The number of rotatable bonds is 7. The van der Waals surface area contributed by atoms with Crippen LogP contribution in [0, 0.1) is 0 Å². The topological polar surface area (TPSA) is 59.8 Å². The van der Waals surface area contributed by atoms with Crippen LogP contribution in [-0.4, -0.2) is 20.7 Å². The molecule has 0 unspecified atom stereocenters. The number of nitrogens with zero attached hydrogens (tertiary/aromatic N) is 3. The third-order valence-corrected chi connectivity index (χ3v) is 5.37. The molecule has 4 rings (SSSR count).